The molecule has 41 heavy (non-hydrogen) atoms. The zero-order chi connectivity index (χ0) is 29.2. The van der Waals surface area contributed by atoms with Crippen molar-refractivity contribution < 1.29 is 39.4 Å². The Labute approximate surface area is 242 Å². The van der Waals surface area contributed by atoms with Crippen molar-refractivity contribution in [1.82, 2.24) is 0 Å². The molecule has 6 aliphatic rings. The summed E-state index contributed by atoms with van der Waals surface area (Å²) in [6.45, 7) is 8.54. The Bertz CT molecular complexity index is 1100. The summed E-state index contributed by atoms with van der Waals surface area (Å²) in [6, 6.07) is 0. The van der Waals surface area contributed by atoms with E-state index in [0.717, 1.165) is 24.8 Å². The van der Waals surface area contributed by atoms with Crippen LogP contribution in [0.5, 0.6) is 0 Å². The highest BCUT2D eigenvalue weighted by Gasteiger charge is 2.71. The third-order valence-electron chi connectivity index (χ3n) is 12.2. The minimum absolute atomic E-state index is 0.0111. The van der Waals surface area contributed by atoms with Crippen molar-refractivity contribution >= 4 is 12.2 Å². The van der Waals surface area contributed by atoms with E-state index in [9.17, 15) is 25.2 Å². The van der Waals surface area contributed by atoms with E-state index in [1.165, 1.54) is 0 Å². The quantitative estimate of drug-likeness (QED) is 0.165. The maximum Gasteiger partial charge on any atom is 0.331 e. The molecular formula is C32H47NO8. The molecular weight excluding hydrogens is 526 g/mol. The molecule has 0 spiro atoms. The van der Waals surface area contributed by atoms with E-state index < -0.39 is 41.2 Å². The van der Waals surface area contributed by atoms with Gasteiger partial charge in [0.2, 0.25) is 0 Å². The fraction of sp³-hybridized carbons (Fsp3) is 0.812. The van der Waals surface area contributed by atoms with E-state index in [2.05, 4.69) is 13.5 Å². The lowest BCUT2D eigenvalue weighted by Crippen LogP contribution is -2.69. The molecule has 0 aromatic heterocycles. The lowest BCUT2D eigenvalue weighted by Gasteiger charge is -2.66. The highest BCUT2D eigenvalue weighted by atomic mass is 16.7. The fourth-order valence-electron chi connectivity index (χ4n) is 10.1. The van der Waals surface area contributed by atoms with E-state index in [0.29, 0.717) is 51.7 Å². The molecule has 0 bridgehead atoms. The van der Waals surface area contributed by atoms with Gasteiger partial charge in [0.15, 0.2) is 6.29 Å². The van der Waals surface area contributed by atoms with Crippen molar-refractivity contribution in [2.24, 2.45) is 33.6 Å². The zero-order valence-corrected chi connectivity index (χ0v) is 24.4. The minimum atomic E-state index is -1.06. The summed E-state index contributed by atoms with van der Waals surface area (Å²) in [4.78, 5) is 16.6. The Morgan fingerprint density at radius 1 is 1.12 bits per heavy atom. The van der Waals surface area contributed by atoms with Crippen molar-refractivity contribution in [3.05, 3.63) is 24.3 Å². The average molecular weight is 574 g/mol. The molecule has 2 heterocycles. The number of aliphatic hydroxyl groups excluding tert-OH is 2. The van der Waals surface area contributed by atoms with Crippen LogP contribution in [0.3, 0.4) is 0 Å². The minimum Gasteiger partial charge on any atom is -0.458 e. The van der Waals surface area contributed by atoms with Crippen LogP contribution in [0.2, 0.25) is 0 Å². The Balaban J connectivity index is 1.26. The van der Waals surface area contributed by atoms with Crippen LogP contribution in [-0.2, 0) is 19.0 Å². The molecule has 9 nitrogen and oxygen atoms in total. The van der Waals surface area contributed by atoms with Gasteiger partial charge in [0.1, 0.15) is 12.7 Å². The number of cyclic esters (lactones) is 1. The summed E-state index contributed by atoms with van der Waals surface area (Å²) in [5.41, 5.74) is -1.91. The predicted molar refractivity (Wildman–Crippen MR) is 151 cm³/mol. The van der Waals surface area contributed by atoms with Crippen LogP contribution in [0, 0.1) is 28.6 Å². The number of aliphatic imine (C=N–C) groups is 1. The Hall–Kier alpha value is -1.62. The van der Waals surface area contributed by atoms with Gasteiger partial charge in [-0.05, 0) is 81.6 Å². The number of esters is 1. The first-order valence-corrected chi connectivity index (χ1v) is 15.6. The molecule has 0 aromatic rings. The second-order valence-electron chi connectivity index (χ2n) is 14.0. The number of rotatable bonds is 6. The first-order chi connectivity index (χ1) is 19.5. The van der Waals surface area contributed by atoms with Crippen molar-refractivity contribution in [2.45, 2.75) is 120 Å². The summed E-state index contributed by atoms with van der Waals surface area (Å²) in [5.74, 6) is -0.101. The molecule has 4 N–H and O–H groups in total. The van der Waals surface area contributed by atoms with Crippen LogP contribution in [-0.4, -0.2) is 87.7 Å². The van der Waals surface area contributed by atoms with Gasteiger partial charge in [-0.1, -0.05) is 13.0 Å². The largest absolute Gasteiger partial charge is 0.458 e. The summed E-state index contributed by atoms with van der Waals surface area (Å²) >= 11 is 0. The SMILES string of the molecule is C=CCN=C[C@]12CCC(OC3CC(O)C(O)C(C)O3)CC1(O)CCC1[C@@H]2CC[C@]2(C)C(C3=CC(=O)OC3)CCC12O. The highest BCUT2D eigenvalue weighted by Crippen LogP contribution is 2.70. The Morgan fingerprint density at radius 2 is 1.90 bits per heavy atom. The highest BCUT2D eigenvalue weighted by molar-refractivity contribution is 5.85. The topological polar surface area (TPSA) is 138 Å². The molecule has 228 valence electrons. The number of carbonyl (C=O) groups is 1. The maximum absolute atomic E-state index is 12.6. The molecule has 12 atom stereocenters. The van der Waals surface area contributed by atoms with Gasteiger partial charge in [0.05, 0.1) is 36.1 Å². The van der Waals surface area contributed by atoms with Gasteiger partial charge in [0.25, 0.3) is 0 Å². The number of carbonyl (C=O) groups excluding carboxylic acids is 1. The monoisotopic (exact) mass is 573 g/mol. The molecule has 5 fully saturated rings. The number of aliphatic hydroxyl groups is 4. The van der Waals surface area contributed by atoms with Crippen molar-refractivity contribution in [2.75, 3.05) is 13.2 Å². The molecule has 6 rings (SSSR count). The molecule has 4 saturated carbocycles. The van der Waals surface area contributed by atoms with Crippen LogP contribution in [0.25, 0.3) is 0 Å². The van der Waals surface area contributed by atoms with Crippen molar-refractivity contribution in [3.63, 3.8) is 0 Å². The van der Waals surface area contributed by atoms with E-state index >= 15 is 0 Å². The number of hydrogen-bond acceptors (Lipinski definition) is 9. The lowest BCUT2D eigenvalue weighted by molar-refractivity contribution is -0.282. The summed E-state index contributed by atoms with van der Waals surface area (Å²) in [5, 5.41) is 45.4. The van der Waals surface area contributed by atoms with Gasteiger partial charge in [0, 0.05) is 36.0 Å². The molecule has 1 saturated heterocycles. The van der Waals surface area contributed by atoms with Gasteiger partial charge < -0.3 is 34.6 Å². The van der Waals surface area contributed by atoms with Gasteiger partial charge in [-0.3, -0.25) is 4.99 Å². The molecule has 0 aromatic carbocycles. The molecule has 2 aliphatic heterocycles. The second-order valence-corrected chi connectivity index (χ2v) is 14.0. The van der Waals surface area contributed by atoms with E-state index in [1.54, 1.807) is 19.1 Å². The van der Waals surface area contributed by atoms with Crippen LogP contribution < -0.4 is 0 Å². The number of fused-ring (bicyclic) bond motifs is 5. The van der Waals surface area contributed by atoms with E-state index in [4.69, 9.17) is 19.2 Å². The second kappa shape index (κ2) is 10.5. The van der Waals surface area contributed by atoms with Crippen LogP contribution in [0.15, 0.2) is 29.3 Å². The molecule has 0 radical (unpaired) electrons. The van der Waals surface area contributed by atoms with Crippen LogP contribution >= 0.6 is 0 Å². The smallest absolute Gasteiger partial charge is 0.331 e. The molecule has 0 amide bonds. The van der Waals surface area contributed by atoms with Gasteiger partial charge in [-0.25, -0.2) is 4.79 Å². The predicted octanol–water partition coefficient (Wildman–Crippen LogP) is 2.84. The van der Waals surface area contributed by atoms with E-state index in [-0.39, 0.29) is 41.7 Å². The van der Waals surface area contributed by atoms with Crippen LogP contribution in [0.1, 0.15) is 78.1 Å². The number of hydrogen-bond donors (Lipinski definition) is 4. The average Bonchev–Trinajstić information content (AvgIpc) is 3.47. The summed E-state index contributed by atoms with van der Waals surface area (Å²) < 4.78 is 17.4. The lowest BCUT2D eigenvalue weighted by atomic mass is 9.41. The van der Waals surface area contributed by atoms with Gasteiger partial charge in [-0.15, -0.1) is 6.58 Å². The molecule has 9 unspecified atom stereocenters. The summed E-state index contributed by atoms with van der Waals surface area (Å²) in [6.07, 6.45) is 8.52. The summed E-state index contributed by atoms with van der Waals surface area (Å²) in [7, 11) is 0. The standard InChI is InChI=1S/C32H47NO8/c1-4-13-33-18-30-10-5-21(41-27-15-25(34)28(36)19(2)40-27)16-31(30,37)11-7-24-23(30)6-9-29(3)22(8-12-32(24,29)38)20-14-26(35)39-17-20/h4,14,18-19,21-25,27-28,34,36-38H,1,5-13,15-17H2,2-3H3/t19?,21?,22?,23-,24?,25?,27?,28?,29+,30-,31?,32?/m0/s1. The first-order valence-electron chi connectivity index (χ1n) is 15.6. The number of ether oxygens (including phenoxy) is 3. The maximum atomic E-state index is 12.6. The Kier molecular flexibility index (Phi) is 7.56. The first kappa shape index (κ1) is 29.5. The van der Waals surface area contributed by atoms with Crippen molar-refractivity contribution in [3.8, 4) is 0 Å². The molecule has 4 aliphatic carbocycles. The third-order valence-corrected chi connectivity index (χ3v) is 12.2. The number of nitrogens with zero attached hydrogens (tertiary/aromatic N) is 1. The third kappa shape index (κ3) is 4.49. The zero-order valence-electron chi connectivity index (χ0n) is 24.4. The fourth-order valence-corrected chi connectivity index (χ4v) is 10.1. The van der Waals surface area contributed by atoms with Crippen LogP contribution in [0.4, 0.5) is 0 Å². The molecule has 9 heteroatoms. The van der Waals surface area contributed by atoms with Gasteiger partial charge in [-0.2, -0.15) is 0 Å². The normalized spacial score (nSPS) is 51.5. The Morgan fingerprint density at radius 3 is 2.61 bits per heavy atom. The van der Waals surface area contributed by atoms with Gasteiger partial charge >= 0.3 is 5.97 Å². The van der Waals surface area contributed by atoms with Crippen molar-refractivity contribution in [1.29, 1.82) is 0 Å². The van der Waals surface area contributed by atoms with E-state index in [1.807, 2.05) is 6.21 Å².